The lowest BCUT2D eigenvalue weighted by molar-refractivity contribution is -0.140. The van der Waals surface area contributed by atoms with Crippen LogP contribution in [-0.2, 0) is 9.53 Å². The second-order valence-electron chi connectivity index (χ2n) is 5.33. The maximum atomic E-state index is 11.6. The predicted octanol–water partition coefficient (Wildman–Crippen LogP) is 5.48. The number of hydrogen-bond acceptors (Lipinski definition) is 4. The van der Waals surface area contributed by atoms with Crippen molar-refractivity contribution >= 4 is 29.2 Å². The largest absolute Gasteiger partial charge is 0.469 e. The molecule has 2 atom stereocenters. The normalized spacial score (nSPS) is 12.8. The van der Waals surface area contributed by atoms with E-state index in [9.17, 15) is 4.79 Å². The van der Waals surface area contributed by atoms with Gasteiger partial charge in [-0.05, 0) is 47.7 Å². The van der Waals surface area contributed by atoms with Gasteiger partial charge in [-0.25, -0.2) is 0 Å². The SMILES string of the molecule is COC(=O)CC[C@@H](c1cccc(Cl)c1)C(N=[N+]=[N-])c1ccc(Cl)cn1. The van der Waals surface area contributed by atoms with Crippen LogP contribution < -0.4 is 0 Å². The first-order valence-corrected chi connectivity index (χ1v) is 8.28. The molecule has 0 saturated heterocycles. The highest BCUT2D eigenvalue weighted by atomic mass is 35.5. The third-order valence-electron chi connectivity index (χ3n) is 3.77. The lowest BCUT2D eigenvalue weighted by Gasteiger charge is -2.23. The third kappa shape index (κ3) is 5.36. The highest BCUT2D eigenvalue weighted by Crippen LogP contribution is 2.38. The van der Waals surface area contributed by atoms with Gasteiger partial charge >= 0.3 is 5.97 Å². The third-order valence-corrected chi connectivity index (χ3v) is 4.23. The monoisotopic (exact) mass is 378 g/mol. The summed E-state index contributed by atoms with van der Waals surface area (Å²) in [6, 6.07) is 10.0. The molecule has 130 valence electrons. The van der Waals surface area contributed by atoms with Gasteiger partial charge in [0.25, 0.3) is 0 Å². The fourth-order valence-electron chi connectivity index (χ4n) is 2.58. The molecule has 1 heterocycles. The second-order valence-corrected chi connectivity index (χ2v) is 6.20. The fourth-order valence-corrected chi connectivity index (χ4v) is 2.89. The summed E-state index contributed by atoms with van der Waals surface area (Å²) in [5, 5.41) is 4.96. The summed E-state index contributed by atoms with van der Waals surface area (Å²) >= 11 is 12.0. The Morgan fingerprint density at radius 3 is 2.72 bits per heavy atom. The first-order chi connectivity index (χ1) is 12.0. The van der Waals surface area contributed by atoms with E-state index in [-0.39, 0.29) is 18.3 Å². The molecule has 0 aliphatic heterocycles. The molecule has 25 heavy (non-hydrogen) atoms. The smallest absolute Gasteiger partial charge is 0.305 e. The number of carbonyl (C=O) groups excluding carboxylic acids is 1. The number of ether oxygens (including phenoxy) is 1. The van der Waals surface area contributed by atoms with Crippen molar-refractivity contribution in [2.75, 3.05) is 7.11 Å². The molecule has 0 radical (unpaired) electrons. The molecule has 1 unspecified atom stereocenters. The van der Waals surface area contributed by atoms with Crippen LogP contribution in [0.4, 0.5) is 0 Å². The molecule has 0 N–H and O–H groups in total. The number of azide groups is 1. The Bertz CT molecular complexity index is 776. The Kier molecular flexibility index (Phi) is 7.07. The molecule has 0 amide bonds. The summed E-state index contributed by atoms with van der Waals surface area (Å²) in [5.74, 6) is -0.627. The molecular weight excluding hydrogens is 363 g/mol. The van der Waals surface area contributed by atoms with Crippen molar-refractivity contribution < 1.29 is 9.53 Å². The quantitative estimate of drug-likeness (QED) is 0.276. The molecular formula is C17H16Cl2N4O2. The summed E-state index contributed by atoms with van der Waals surface area (Å²) in [7, 11) is 1.34. The number of halogens is 2. The van der Waals surface area contributed by atoms with Gasteiger partial charge in [-0.2, -0.15) is 0 Å². The molecule has 0 aliphatic carbocycles. The lowest BCUT2D eigenvalue weighted by Crippen LogP contribution is -2.13. The van der Waals surface area contributed by atoms with Crippen LogP contribution in [0.5, 0.6) is 0 Å². The number of rotatable bonds is 7. The standard InChI is InChI=1S/C17H16Cl2N4O2/c1-25-16(24)8-6-14(11-3-2-4-12(18)9-11)17(22-23-20)15-7-5-13(19)10-21-15/h2-5,7,9-10,14,17H,6,8H2,1H3/t14-,17?/m0/s1. The number of hydrogen-bond donors (Lipinski definition) is 0. The van der Waals surface area contributed by atoms with Gasteiger partial charge in [0.1, 0.15) is 0 Å². The van der Waals surface area contributed by atoms with E-state index in [1.54, 1.807) is 24.3 Å². The number of benzene rings is 1. The van der Waals surface area contributed by atoms with Gasteiger partial charge in [0, 0.05) is 28.2 Å². The predicted molar refractivity (Wildman–Crippen MR) is 96.6 cm³/mol. The molecule has 0 saturated carbocycles. The average molecular weight is 379 g/mol. The molecule has 1 aromatic heterocycles. The van der Waals surface area contributed by atoms with E-state index in [1.807, 2.05) is 12.1 Å². The van der Waals surface area contributed by atoms with Crippen LogP contribution in [-0.4, -0.2) is 18.1 Å². The lowest BCUT2D eigenvalue weighted by atomic mass is 9.86. The van der Waals surface area contributed by atoms with Gasteiger partial charge in [0.15, 0.2) is 0 Å². The van der Waals surface area contributed by atoms with Crippen molar-refractivity contribution in [1.82, 2.24) is 4.98 Å². The number of nitrogens with zero attached hydrogens (tertiary/aromatic N) is 4. The van der Waals surface area contributed by atoms with E-state index >= 15 is 0 Å². The van der Waals surface area contributed by atoms with Crippen LogP contribution in [0.3, 0.4) is 0 Å². The van der Waals surface area contributed by atoms with Crippen LogP contribution in [0, 0.1) is 0 Å². The summed E-state index contributed by atoms with van der Waals surface area (Å²) in [6.45, 7) is 0. The van der Waals surface area contributed by atoms with Crippen LogP contribution in [0.2, 0.25) is 10.0 Å². The molecule has 0 fully saturated rings. The highest BCUT2D eigenvalue weighted by molar-refractivity contribution is 6.30. The number of methoxy groups -OCH3 is 1. The van der Waals surface area contributed by atoms with Gasteiger partial charge < -0.3 is 4.74 Å². The molecule has 6 nitrogen and oxygen atoms in total. The minimum atomic E-state index is -0.606. The van der Waals surface area contributed by atoms with E-state index < -0.39 is 6.04 Å². The number of carbonyl (C=O) groups is 1. The molecule has 8 heteroatoms. The first-order valence-electron chi connectivity index (χ1n) is 7.53. The minimum Gasteiger partial charge on any atom is -0.469 e. The number of aromatic nitrogens is 1. The molecule has 0 spiro atoms. The summed E-state index contributed by atoms with van der Waals surface area (Å²) in [6.07, 6.45) is 2.09. The van der Waals surface area contributed by atoms with Crippen LogP contribution in [0.15, 0.2) is 47.7 Å². The summed E-state index contributed by atoms with van der Waals surface area (Å²) < 4.78 is 4.72. The number of pyridine rings is 1. The Morgan fingerprint density at radius 1 is 1.32 bits per heavy atom. The van der Waals surface area contributed by atoms with Crippen molar-refractivity contribution in [3.05, 3.63) is 74.3 Å². The fraction of sp³-hybridized carbons (Fsp3) is 0.294. The van der Waals surface area contributed by atoms with Crippen LogP contribution in [0.25, 0.3) is 10.4 Å². The van der Waals surface area contributed by atoms with Gasteiger partial charge in [-0.1, -0.05) is 40.4 Å². The Hall–Kier alpha value is -2.27. The zero-order chi connectivity index (χ0) is 18.2. The Morgan fingerprint density at radius 2 is 2.12 bits per heavy atom. The van der Waals surface area contributed by atoms with Gasteiger partial charge in [-0.15, -0.1) is 0 Å². The van der Waals surface area contributed by atoms with Crippen molar-refractivity contribution in [3.8, 4) is 0 Å². The average Bonchev–Trinajstić information content (AvgIpc) is 2.61. The van der Waals surface area contributed by atoms with E-state index in [4.69, 9.17) is 33.5 Å². The van der Waals surface area contributed by atoms with Gasteiger partial charge in [0.2, 0.25) is 0 Å². The minimum absolute atomic E-state index is 0.179. The van der Waals surface area contributed by atoms with Crippen molar-refractivity contribution in [2.24, 2.45) is 5.11 Å². The summed E-state index contributed by atoms with van der Waals surface area (Å²) in [5.41, 5.74) is 10.4. The summed E-state index contributed by atoms with van der Waals surface area (Å²) in [4.78, 5) is 18.8. The topological polar surface area (TPSA) is 88.0 Å². The maximum absolute atomic E-state index is 11.6. The molecule has 1 aromatic carbocycles. The molecule has 2 aromatic rings. The zero-order valence-corrected chi connectivity index (χ0v) is 15.0. The van der Waals surface area contributed by atoms with E-state index in [2.05, 4.69) is 15.0 Å². The second kappa shape index (κ2) is 9.28. The van der Waals surface area contributed by atoms with Gasteiger partial charge in [-0.3, -0.25) is 9.78 Å². The Balaban J connectivity index is 2.43. The van der Waals surface area contributed by atoms with E-state index in [0.29, 0.717) is 22.2 Å². The van der Waals surface area contributed by atoms with E-state index in [1.165, 1.54) is 13.3 Å². The van der Waals surface area contributed by atoms with Crippen LogP contribution >= 0.6 is 23.2 Å². The Labute approximate surface area is 155 Å². The maximum Gasteiger partial charge on any atom is 0.305 e. The van der Waals surface area contributed by atoms with Crippen molar-refractivity contribution in [3.63, 3.8) is 0 Å². The van der Waals surface area contributed by atoms with Gasteiger partial charge in [0.05, 0.1) is 18.2 Å². The van der Waals surface area contributed by atoms with Crippen LogP contribution in [0.1, 0.15) is 36.1 Å². The molecule has 0 bridgehead atoms. The van der Waals surface area contributed by atoms with E-state index in [0.717, 1.165) is 5.56 Å². The first kappa shape index (κ1) is 19.1. The van der Waals surface area contributed by atoms with Crippen molar-refractivity contribution in [1.29, 1.82) is 0 Å². The van der Waals surface area contributed by atoms with Crippen molar-refractivity contribution in [2.45, 2.75) is 24.8 Å². The zero-order valence-electron chi connectivity index (χ0n) is 13.5. The number of esters is 1. The molecule has 0 aliphatic rings. The highest BCUT2D eigenvalue weighted by Gasteiger charge is 2.26. The molecule has 2 rings (SSSR count).